The second-order valence-corrected chi connectivity index (χ2v) is 4.09. The maximum absolute atomic E-state index is 13.3. The van der Waals surface area contributed by atoms with Crippen LogP contribution in [0.25, 0.3) is 0 Å². The molecule has 0 saturated heterocycles. The van der Waals surface area contributed by atoms with Gasteiger partial charge in [0, 0.05) is 6.04 Å². The molecule has 96 valence electrons. The number of nitro groups is 1. The molecule has 2 rings (SSSR count). The number of benzene rings is 1. The average molecular weight is 253 g/mol. The van der Waals surface area contributed by atoms with Crippen LogP contribution >= 0.6 is 0 Å². The third kappa shape index (κ3) is 2.93. The number of carbonyl (C=O) groups excluding carboxylic acids is 1. The van der Waals surface area contributed by atoms with E-state index >= 15 is 0 Å². The fraction of sp³-hybridized carbons (Fsp3) is 0.364. The molecule has 0 bridgehead atoms. The van der Waals surface area contributed by atoms with Crippen molar-refractivity contribution in [1.82, 2.24) is 5.32 Å². The van der Waals surface area contributed by atoms with Gasteiger partial charge in [-0.15, -0.1) is 0 Å². The predicted octanol–water partition coefficient (Wildman–Crippen LogP) is 1.42. The summed E-state index contributed by atoms with van der Waals surface area (Å²) in [6, 6.07) is 3.95. The van der Waals surface area contributed by atoms with Gasteiger partial charge in [0.15, 0.2) is 0 Å². The highest BCUT2D eigenvalue weighted by atomic mass is 19.1. The molecule has 0 atom stereocenters. The van der Waals surface area contributed by atoms with Crippen molar-refractivity contribution in [2.24, 2.45) is 0 Å². The van der Waals surface area contributed by atoms with Gasteiger partial charge in [-0.2, -0.15) is 4.39 Å². The van der Waals surface area contributed by atoms with Gasteiger partial charge < -0.3 is 10.6 Å². The highest BCUT2D eigenvalue weighted by molar-refractivity contribution is 5.82. The van der Waals surface area contributed by atoms with Gasteiger partial charge in [-0.05, 0) is 25.0 Å². The number of nitrogens with zero attached hydrogens (tertiary/aromatic N) is 1. The number of para-hydroxylation sites is 1. The van der Waals surface area contributed by atoms with Gasteiger partial charge in [0.1, 0.15) is 5.69 Å². The Morgan fingerprint density at radius 2 is 2.22 bits per heavy atom. The average Bonchev–Trinajstić information content (AvgIpc) is 3.09. The van der Waals surface area contributed by atoms with Crippen LogP contribution < -0.4 is 10.6 Å². The monoisotopic (exact) mass is 253 g/mol. The topological polar surface area (TPSA) is 84.3 Å². The van der Waals surface area contributed by atoms with Gasteiger partial charge >= 0.3 is 5.69 Å². The number of nitrogens with one attached hydrogen (secondary N) is 2. The first-order valence-electron chi connectivity index (χ1n) is 5.54. The van der Waals surface area contributed by atoms with Gasteiger partial charge in [0.05, 0.1) is 11.5 Å². The van der Waals surface area contributed by atoms with E-state index in [1.165, 1.54) is 12.1 Å². The molecule has 1 aromatic rings. The SMILES string of the molecule is O=C(CNc1cccc(F)c1[N+](=O)[O-])NC1CC1. The predicted molar refractivity (Wildman–Crippen MR) is 62.7 cm³/mol. The molecule has 1 fully saturated rings. The number of halogens is 1. The van der Waals surface area contributed by atoms with Crippen molar-refractivity contribution < 1.29 is 14.1 Å². The van der Waals surface area contributed by atoms with E-state index in [1.54, 1.807) is 0 Å². The minimum Gasteiger partial charge on any atom is -0.370 e. The molecule has 0 radical (unpaired) electrons. The third-order valence-corrected chi connectivity index (χ3v) is 2.55. The van der Waals surface area contributed by atoms with E-state index in [1.807, 2.05) is 0 Å². The van der Waals surface area contributed by atoms with Crippen molar-refractivity contribution in [3.63, 3.8) is 0 Å². The highest BCUT2D eigenvalue weighted by Crippen LogP contribution is 2.26. The zero-order valence-electron chi connectivity index (χ0n) is 9.48. The molecule has 1 aliphatic rings. The maximum atomic E-state index is 13.3. The molecule has 0 unspecified atom stereocenters. The number of carbonyl (C=O) groups is 1. The van der Waals surface area contributed by atoms with Crippen LogP contribution in [0.1, 0.15) is 12.8 Å². The Kier molecular flexibility index (Phi) is 3.40. The molecule has 18 heavy (non-hydrogen) atoms. The van der Waals surface area contributed by atoms with Crippen LogP contribution in [0.4, 0.5) is 15.8 Å². The van der Waals surface area contributed by atoms with Crippen LogP contribution in [0, 0.1) is 15.9 Å². The fourth-order valence-corrected chi connectivity index (χ4v) is 1.53. The maximum Gasteiger partial charge on any atom is 0.327 e. The second-order valence-electron chi connectivity index (χ2n) is 4.09. The molecule has 0 heterocycles. The molecule has 1 amide bonds. The molecule has 2 N–H and O–H groups in total. The van der Waals surface area contributed by atoms with Crippen molar-refractivity contribution in [2.45, 2.75) is 18.9 Å². The van der Waals surface area contributed by atoms with E-state index in [-0.39, 0.29) is 24.2 Å². The summed E-state index contributed by atoms with van der Waals surface area (Å²) in [4.78, 5) is 21.3. The number of hydrogen-bond donors (Lipinski definition) is 2. The molecular weight excluding hydrogens is 241 g/mol. The largest absolute Gasteiger partial charge is 0.370 e. The normalized spacial score (nSPS) is 14.1. The van der Waals surface area contributed by atoms with Crippen LogP contribution in [-0.2, 0) is 4.79 Å². The Morgan fingerprint density at radius 1 is 1.50 bits per heavy atom. The first-order valence-corrected chi connectivity index (χ1v) is 5.54. The number of hydrogen-bond acceptors (Lipinski definition) is 4. The van der Waals surface area contributed by atoms with E-state index in [0.717, 1.165) is 18.9 Å². The minimum atomic E-state index is -0.924. The zero-order chi connectivity index (χ0) is 13.1. The van der Waals surface area contributed by atoms with E-state index in [9.17, 15) is 19.3 Å². The van der Waals surface area contributed by atoms with Gasteiger partial charge in [-0.25, -0.2) is 0 Å². The Morgan fingerprint density at radius 3 is 2.83 bits per heavy atom. The standard InChI is InChI=1S/C11H12FN3O3/c12-8-2-1-3-9(11(8)15(17)18)13-6-10(16)14-7-4-5-7/h1-3,7,13H,4-6H2,(H,14,16). The van der Waals surface area contributed by atoms with Gasteiger partial charge in [-0.3, -0.25) is 14.9 Å². The van der Waals surface area contributed by atoms with E-state index in [2.05, 4.69) is 10.6 Å². The van der Waals surface area contributed by atoms with E-state index in [4.69, 9.17) is 0 Å². The molecule has 0 spiro atoms. The first-order chi connectivity index (χ1) is 8.58. The fourth-order valence-electron chi connectivity index (χ4n) is 1.53. The van der Waals surface area contributed by atoms with Crippen LogP contribution in [0.3, 0.4) is 0 Å². The minimum absolute atomic E-state index is 0.00551. The lowest BCUT2D eigenvalue weighted by Gasteiger charge is -2.07. The summed E-state index contributed by atoms with van der Waals surface area (Å²) >= 11 is 0. The summed E-state index contributed by atoms with van der Waals surface area (Å²) in [5, 5.41) is 16.0. The Labute approximate surface area is 102 Å². The zero-order valence-corrected chi connectivity index (χ0v) is 9.48. The Bertz CT molecular complexity index is 488. The van der Waals surface area contributed by atoms with Crippen LogP contribution in [0.5, 0.6) is 0 Å². The Hall–Kier alpha value is -2.18. The molecule has 0 aliphatic heterocycles. The quantitative estimate of drug-likeness (QED) is 0.614. The lowest BCUT2D eigenvalue weighted by Crippen LogP contribution is -2.31. The van der Waals surface area contributed by atoms with Crippen molar-refractivity contribution in [2.75, 3.05) is 11.9 Å². The van der Waals surface area contributed by atoms with Crippen molar-refractivity contribution >= 4 is 17.3 Å². The smallest absolute Gasteiger partial charge is 0.327 e. The van der Waals surface area contributed by atoms with Crippen LogP contribution in [-0.4, -0.2) is 23.4 Å². The van der Waals surface area contributed by atoms with Gasteiger partial charge in [-0.1, -0.05) is 6.07 Å². The highest BCUT2D eigenvalue weighted by Gasteiger charge is 2.24. The molecule has 1 saturated carbocycles. The lowest BCUT2D eigenvalue weighted by molar-refractivity contribution is -0.386. The van der Waals surface area contributed by atoms with Gasteiger partial charge in [0.2, 0.25) is 11.7 Å². The van der Waals surface area contributed by atoms with E-state index in [0.29, 0.717) is 0 Å². The summed E-state index contributed by atoms with van der Waals surface area (Å²) in [7, 11) is 0. The number of anilines is 1. The summed E-state index contributed by atoms with van der Waals surface area (Å²) < 4.78 is 13.3. The Balaban J connectivity index is 2.01. The van der Waals surface area contributed by atoms with Crippen molar-refractivity contribution in [1.29, 1.82) is 0 Å². The van der Waals surface area contributed by atoms with Crippen molar-refractivity contribution in [3.05, 3.63) is 34.1 Å². The third-order valence-electron chi connectivity index (χ3n) is 2.55. The first kappa shape index (κ1) is 12.3. The van der Waals surface area contributed by atoms with Crippen molar-refractivity contribution in [3.8, 4) is 0 Å². The number of amides is 1. The van der Waals surface area contributed by atoms with Gasteiger partial charge in [0.25, 0.3) is 0 Å². The molecule has 0 aromatic heterocycles. The lowest BCUT2D eigenvalue weighted by atomic mass is 10.2. The number of rotatable bonds is 5. The molecule has 7 heteroatoms. The van der Waals surface area contributed by atoms with Crippen LogP contribution in [0.2, 0.25) is 0 Å². The molecule has 6 nitrogen and oxygen atoms in total. The van der Waals surface area contributed by atoms with Crippen LogP contribution in [0.15, 0.2) is 18.2 Å². The molecular formula is C11H12FN3O3. The molecule has 1 aromatic carbocycles. The number of nitro benzene ring substituents is 1. The van der Waals surface area contributed by atoms with E-state index < -0.39 is 16.4 Å². The summed E-state index contributed by atoms with van der Waals surface area (Å²) in [6.07, 6.45) is 1.93. The summed E-state index contributed by atoms with van der Waals surface area (Å²) in [5.74, 6) is -1.18. The molecule has 1 aliphatic carbocycles. The summed E-state index contributed by atoms with van der Waals surface area (Å²) in [5.41, 5.74) is -0.636. The summed E-state index contributed by atoms with van der Waals surface area (Å²) in [6.45, 7) is -0.110. The second kappa shape index (κ2) is 4.99.